The van der Waals surface area contributed by atoms with Crippen molar-refractivity contribution in [2.75, 3.05) is 6.54 Å². The summed E-state index contributed by atoms with van der Waals surface area (Å²) in [6.07, 6.45) is 8.17. The summed E-state index contributed by atoms with van der Waals surface area (Å²) in [5, 5.41) is 11.8. The summed E-state index contributed by atoms with van der Waals surface area (Å²) in [6, 6.07) is 10.5. The van der Waals surface area contributed by atoms with Gasteiger partial charge in [-0.05, 0) is 31.9 Å². The molecular formula is C20H21N7. The molecule has 0 saturated carbocycles. The summed E-state index contributed by atoms with van der Waals surface area (Å²) in [6.45, 7) is 3.81. The lowest BCUT2D eigenvalue weighted by atomic mass is 10.1. The van der Waals surface area contributed by atoms with Gasteiger partial charge in [0.05, 0.1) is 12.2 Å². The van der Waals surface area contributed by atoms with E-state index in [2.05, 4.69) is 43.5 Å². The van der Waals surface area contributed by atoms with E-state index in [1.54, 1.807) is 0 Å². The SMILES string of the molecule is Cc1nc(C2CCCN2Cc2cnc3c(-c4ccccc4)cnn3c2)n[nH]1. The molecule has 1 atom stereocenters. The van der Waals surface area contributed by atoms with Crippen LogP contribution in [0.1, 0.15) is 36.1 Å². The Morgan fingerprint density at radius 2 is 2.07 bits per heavy atom. The molecule has 0 spiro atoms. The molecule has 3 aromatic heterocycles. The van der Waals surface area contributed by atoms with Crippen molar-refractivity contribution in [3.63, 3.8) is 0 Å². The third-order valence-corrected chi connectivity index (χ3v) is 5.16. The Labute approximate surface area is 157 Å². The van der Waals surface area contributed by atoms with E-state index in [0.29, 0.717) is 0 Å². The first-order valence-corrected chi connectivity index (χ1v) is 9.28. The first-order valence-electron chi connectivity index (χ1n) is 9.28. The van der Waals surface area contributed by atoms with Gasteiger partial charge in [0.2, 0.25) is 0 Å². The van der Waals surface area contributed by atoms with Crippen LogP contribution in [0.4, 0.5) is 0 Å². The van der Waals surface area contributed by atoms with Gasteiger partial charge >= 0.3 is 0 Å². The normalized spacial score (nSPS) is 17.7. The average molecular weight is 359 g/mol. The smallest absolute Gasteiger partial charge is 0.167 e. The van der Waals surface area contributed by atoms with Gasteiger partial charge in [0, 0.05) is 30.1 Å². The molecule has 136 valence electrons. The van der Waals surface area contributed by atoms with E-state index in [9.17, 15) is 0 Å². The fourth-order valence-electron chi connectivity index (χ4n) is 3.87. The van der Waals surface area contributed by atoms with E-state index in [1.807, 2.05) is 42.0 Å². The molecule has 7 nitrogen and oxygen atoms in total. The van der Waals surface area contributed by atoms with Gasteiger partial charge in [-0.1, -0.05) is 30.3 Å². The van der Waals surface area contributed by atoms with E-state index in [1.165, 1.54) is 0 Å². The van der Waals surface area contributed by atoms with Crippen LogP contribution in [0.15, 0.2) is 48.9 Å². The van der Waals surface area contributed by atoms with E-state index in [0.717, 1.165) is 59.9 Å². The average Bonchev–Trinajstić information content (AvgIpc) is 3.42. The highest BCUT2D eigenvalue weighted by Gasteiger charge is 2.29. The van der Waals surface area contributed by atoms with Crippen molar-refractivity contribution in [1.29, 1.82) is 0 Å². The van der Waals surface area contributed by atoms with Crippen molar-refractivity contribution < 1.29 is 0 Å². The Morgan fingerprint density at radius 3 is 2.89 bits per heavy atom. The number of aryl methyl sites for hydroxylation is 1. The first-order chi connectivity index (χ1) is 13.3. The van der Waals surface area contributed by atoms with Gasteiger partial charge in [-0.3, -0.25) is 10.00 Å². The first kappa shape index (κ1) is 16.1. The maximum Gasteiger partial charge on any atom is 0.167 e. The largest absolute Gasteiger partial charge is 0.289 e. The number of H-pyrrole nitrogens is 1. The standard InChI is InChI=1S/C20H21N7/c1-14-23-19(25-24-14)18-8-5-9-26(18)12-15-10-21-20-17(11-22-27(20)13-15)16-6-3-2-4-7-16/h2-4,6-7,10-11,13,18H,5,8-9,12H2,1H3,(H,23,24,25). The minimum Gasteiger partial charge on any atom is -0.289 e. The number of aromatic amines is 1. The molecule has 1 unspecified atom stereocenters. The summed E-state index contributed by atoms with van der Waals surface area (Å²) in [7, 11) is 0. The van der Waals surface area contributed by atoms with Crippen LogP contribution in [0.3, 0.4) is 0 Å². The fourth-order valence-corrected chi connectivity index (χ4v) is 3.87. The number of benzene rings is 1. The number of nitrogens with one attached hydrogen (secondary N) is 1. The van der Waals surface area contributed by atoms with Crippen LogP contribution in [-0.4, -0.2) is 41.2 Å². The van der Waals surface area contributed by atoms with E-state index in [4.69, 9.17) is 4.98 Å². The minimum absolute atomic E-state index is 0.267. The van der Waals surface area contributed by atoms with Gasteiger partial charge in [0.25, 0.3) is 0 Å². The van der Waals surface area contributed by atoms with E-state index in [-0.39, 0.29) is 6.04 Å². The maximum atomic E-state index is 4.70. The Hall–Kier alpha value is -3.06. The molecule has 27 heavy (non-hydrogen) atoms. The molecule has 1 fully saturated rings. The highest BCUT2D eigenvalue weighted by molar-refractivity contribution is 5.76. The molecule has 1 aromatic carbocycles. The molecule has 4 heterocycles. The second-order valence-corrected chi connectivity index (χ2v) is 7.06. The zero-order valence-corrected chi connectivity index (χ0v) is 15.2. The number of aromatic nitrogens is 6. The number of likely N-dealkylation sites (tertiary alicyclic amines) is 1. The van der Waals surface area contributed by atoms with Crippen LogP contribution in [0.5, 0.6) is 0 Å². The summed E-state index contributed by atoms with van der Waals surface area (Å²) >= 11 is 0. The van der Waals surface area contributed by atoms with Crippen LogP contribution < -0.4 is 0 Å². The lowest BCUT2D eigenvalue weighted by molar-refractivity contribution is 0.239. The number of hydrogen-bond acceptors (Lipinski definition) is 5. The summed E-state index contributed by atoms with van der Waals surface area (Å²) < 4.78 is 1.87. The Balaban J connectivity index is 1.41. The molecule has 7 heteroatoms. The molecule has 0 amide bonds. The zero-order chi connectivity index (χ0) is 18.2. The van der Waals surface area contributed by atoms with Gasteiger partial charge in [0.15, 0.2) is 11.5 Å². The molecule has 1 saturated heterocycles. The van der Waals surface area contributed by atoms with Gasteiger partial charge in [-0.25, -0.2) is 14.5 Å². The van der Waals surface area contributed by atoms with Crippen LogP contribution in [0, 0.1) is 6.92 Å². The highest BCUT2D eigenvalue weighted by atomic mass is 15.3. The topological polar surface area (TPSA) is 75.0 Å². The van der Waals surface area contributed by atoms with Crippen LogP contribution >= 0.6 is 0 Å². The molecule has 0 bridgehead atoms. The quantitative estimate of drug-likeness (QED) is 0.606. The molecule has 1 aliphatic heterocycles. The molecular weight excluding hydrogens is 338 g/mol. The number of hydrogen-bond donors (Lipinski definition) is 1. The molecule has 0 aliphatic carbocycles. The second kappa shape index (κ2) is 6.59. The molecule has 0 radical (unpaired) electrons. The van der Waals surface area contributed by atoms with Crippen molar-refractivity contribution in [2.24, 2.45) is 0 Å². The van der Waals surface area contributed by atoms with Crippen molar-refractivity contribution in [3.8, 4) is 11.1 Å². The third-order valence-electron chi connectivity index (χ3n) is 5.16. The monoisotopic (exact) mass is 359 g/mol. The summed E-state index contributed by atoms with van der Waals surface area (Å²) in [4.78, 5) is 11.7. The molecule has 1 N–H and O–H groups in total. The van der Waals surface area contributed by atoms with Crippen molar-refractivity contribution in [2.45, 2.75) is 32.4 Å². The lowest BCUT2D eigenvalue weighted by Crippen LogP contribution is -2.24. The van der Waals surface area contributed by atoms with Crippen LogP contribution in [0.2, 0.25) is 0 Å². The highest BCUT2D eigenvalue weighted by Crippen LogP contribution is 2.31. The van der Waals surface area contributed by atoms with Crippen molar-refractivity contribution in [1.82, 2.24) is 34.7 Å². The number of rotatable bonds is 4. The predicted molar refractivity (Wildman–Crippen MR) is 102 cm³/mol. The minimum atomic E-state index is 0.267. The van der Waals surface area contributed by atoms with Crippen LogP contribution in [0.25, 0.3) is 16.8 Å². The van der Waals surface area contributed by atoms with Crippen LogP contribution in [-0.2, 0) is 6.54 Å². The van der Waals surface area contributed by atoms with Gasteiger partial charge < -0.3 is 0 Å². The summed E-state index contributed by atoms with van der Waals surface area (Å²) in [5.74, 6) is 1.76. The molecule has 1 aliphatic rings. The zero-order valence-electron chi connectivity index (χ0n) is 15.2. The second-order valence-electron chi connectivity index (χ2n) is 7.06. The van der Waals surface area contributed by atoms with Crippen molar-refractivity contribution in [3.05, 3.63) is 66.1 Å². The predicted octanol–water partition coefficient (Wildman–Crippen LogP) is 3.16. The number of fused-ring (bicyclic) bond motifs is 1. The van der Waals surface area contributed by atoms with E-state index >= 15 is 0 Å². The van der Waals surface area contributed by atoms with Gasteiger partial charge in [-0.2, -0.15) is 10.2 Å². The molecule has 5 rings (SSSR count). The van der Waals surface area contributed by atoms with Gasteiger partial charge in [0.1, 0.15) is 5.82 Å². The summed E-state index contributed by atoms with van der Waals surface area (Å²) in [5.41, 5.74) is 4.21. The lowest BCUT2D eigenvalue weighted by Gasteiger charge is -2.21. The Kier molecular flexibility index (Phi) is 3.94. The Bertz CT molecular complexity index is 1070. The maximum absolute atomic E-state index is 4.70. The van der Waals surface area contributed by atoms with Crippen molar-refractivity contribution >= 4 is 5.65 Å². The number of nitrogens with zero attached hydrogens (tertiary/aromatic N) is 6. The third kappa shape index (κ3) is 3.00. The van der Waals surface area contributed by atoms with Gasteiger partial charge in [-0.15, -0.1) is 0 Å². The van der Waals surface area contributed by atoms with E-state index < -0.39 is 0 Å². The Morgan fingerprint density at radius 1 is 1.19 bits per heavy atom. The molecule has 4 aromatic rings. The fraction of sp³-hybridized carbons (Fsp3) is 0.300.